The first-order valence-electron chi connectivity index (χ1n) is 18.0. The van der Waals surface area contributed by atoms with Gasteiger partial charge in [-0.1, -0.05) is 129 Å². The Kier molecular flexibility index (Phi) is 16.0. The monoisotopic (exact) mass is 701 g/mol. The Bertz CT molecular complexity index is 1580. The van der Waals surface area contributed by atoms with Gasteiger partial charge >= 0.3 is 5.97 Å². The Morgan fingerprint density at radius 1 is 0.860 bits per heavy atom. The SMILES string of the molecule is C=C[C@H](C)[C@H](CCCCCCCC/C=C/[C@H]1[C@@H](OCc2ccccc2)[C@H](COCc2ccccc2)N1S(=O)(=O)c1ccc(C)cc1)OC(C)=O. The van der Waals surface area contributed by atoms with E-state index in [2.05, 4.69) is 12.7 Å². The lowest BCUT2D eigenvalue weighted by Crippen LogP contribution is -2.70. The van der Waals surface area contributed by atoms with Crippen LogP contribution in [0.5, 0.6) is 0 Å². The molecule has 0 bridgehead atoms. The van der Waals surface area contributed by atoms with Crippen LogP contribution in [0.1, 0.15) is 81.9 Å². The summed E-state index contributed by atoms with van der Waals surface area (Å²) in [7, 11) is -3.82. The number of carbonyl (C=O) groups is 1. The van der Waals surface area contributed by atoms with E-state index in [4.69, 9.17) is 14.2 Å². The van der Waals surface area contributed by atoms with Crippen molar-refractivity contribution in [3.05, 3.63) is 126 Å². The second-order valence-electron chi connectivity index (χ2n) is 13.3. The van der Waals surface area contributed by atoms with Crippen molar-refractivity contribution in [1.29, 1.82) is 0 Å². The van der Waals surface area contributed by atoms with Crippen molar-refractivity contribution in [1.82, 2.24) is 4.31 Å². The molecule has 0 aromatic heterocycles. The molecule has 1 heterocycles. The maximum Gasteiger partial charge on any atom is 0.302 e. The molecule has 0 saturated carbocycles. The van der Waals surface area contributed by atoms with Gasteiger partial charge in [-0.05, 0) is 55.9 Å². The standard InChI is InChI=1S/C42H55NO6S/c1-5-34(3)41(49-35(4)44)25-19-11-9-7-6-8-10-18-24-39-42(48-31-37-22-16-13-17-23-37)40(32-47-30-36-20-14-12-15-21-36)43(39)50(45,46)38-28-26-33(2)27-29-38/h5,12-18,20-24,26-29,34,39-42H,1,6-11,19,25,30-32H2,2-4H3/b24-18+/t34-,39-,40-,41-,42+/m0/s1. The van der Waals surface area contributed by atoms with Crippen molar-refractivity contribution in [3.63, 3.8) is 0 Å². The quantitative estimate of drug-likeness (QED) is 0.0591. The van der Waals surface area contributed by atoms with Crippen molar-refractivity contribution < 1.29 is 27.4 Å². The van der Waals surface area contributed by atoms with Crippen LogP contribution in [0.15, 0.2) is 115 Å². The number of hydrogen-bond donors (Lipinski definition) is 0. The van der Waals surface area contributed by atoms with Gasteiger partial charge in [0.05, 0.1) is 42.9 Å². The fraction of sp³-hybridized carbons (Fsp3) is 0.452. The first-order chi connectivity index (χ1) is 24.2. The average molecular weight is 702 g/mol. The normalized spacial score (nSPS) is 19.1. The topological polar surface area (TPSA) is 82.1 Å². The van der Waals surface area contributed by atoms with Crippen molar-refractivity contribution in [3.8, 4) is 0 Å². The Morgan fingerprint density at radius 2 is 1.46 bits per heavy atom. The van der Waals surface area contributed by atoms with Crippen LogP contribution < -0.4 is 0 Å². The molecule has 0 amide bonds. The van der Waals surface area contributed by atoms with Crippen LogP contribution in [0.25, 0.3) is 0 Å². The minimum Gasteiger partial charge on any atom is -0.462 e. The van der Waals surface area contributed by atoms with E-state index in [1.54, 1.807) is 16.4 Å². The number of ether oxygens (including phenoxy) is 3. The molecular weight excluding hydrogens is 647 g/mol. The van der Waals surface area contributed by atoms with Gasteiger partial charge < -0.3 is 14.2 Å². The Balaban J connectivity index is 1.37. The zero-order valence-corrected chi connectivity index (χ0v) is 30.8. The lowest BCUT2D eigenvalue weighted by atomic mass is 9.92. The van der Waals surface area contributed by atoms with Crippen LogP contribution in [0.2, 0.25) is 0 Å². The van der Waals surface area contributed by atoms with Gasteiger partial charge in [0.15, 0.2) is 0 Å². The second-order valence-corrected chi connectivity index (χ2v) is 15.2. The molecule has 1 aliphatic heterocycles. The fourth-order valence-electron chi connectivity index (χ4n) is 6.36. The highest BCUT2D eigenvalue weighted by Gasteiger charge is 2.54. The van der Waals surface area contributed by atoms with E-state index in [0.717, 1.165) is 68.1 Å². The molecule has 270 valence electrons. The largest absolute Gasteiger partial charge is 0.462 e. The number of sulfonamides is 1. The van der Waals surface area contributed by atoms with Crippen molar-refractivity contribution in [2.45, 2.75) is 115 Å². The maximum absolute atomic E-state index is 14.2. The van der Waals surface area contributed by atoms with Crippen LogP contribution in [-0.4, -0.2) is 49.6 Å². The highest BCUT2D eigenvalue weighted by atomic mass is 32.2. The molecule has 4 rings (SSSR count). The zero-order valence-electron chi connectivity index (χ0n) is 30.0. The summed E-state index contributed by atoms with van der Waals surface area (Å²) in [6, 6.07) is 26.0. The van der Waals surface area contributed by atoms with Crippen LogP contribution >= 0.6 is 0 Å². The molecule has 1 saturated heterocycles. The number of benzene rings is 3. The summed E-state index contributed by atoms with van der Waals surface area (Å²) in [5, 5.41) is 0. The molecule has 50 heavy (non-hydrogen) atoms. The number of allylic oxidation sites excluding steroid dienone is 1. The Morgan fingerprint density at radius 3 is 2.08 bits per heavy atom. The molecule has 3 aromatic rings. The van der Waals surface area contributed by atoms with E-state index in [9.17, 15) is 13.2 Å². The molecule has 3 aromatic carbocycles. The number of aryl methyl sites for hydroxylation is 1. The first-order valence-corrected chi connectivity index (χ1v) is 19.5. The van der Waals surface area contributed by atoms with Crippen molar-refractivity contribution in [2.24, 2.45) is 5.92 Å². The van der Waals surface area contributed by atoms with E-state index < -0.39 is 22.1 Å². The minimum absolute atomic E-state index is 0.105. The summed E-state index contributed by atoms with van der Waals surface area (Å²) in [6.45, 7) is 10.3. The summed E-state index contributed by atoms with van der Waals surface area (Å²) in [5.41, 5.74) is 3.08. The Hall–Kier alpha value is -3.56. The van der Waals surface area contributed by atoms with E-state index in [-0.39, 0.29) is 35.6 Å². The van der Waals surface area contributed by atoms with E-state index in [0.29, 0.717) is 13.2 Å². The van der Waals surface area contributed by atoms with Gasteiger partial charge in [-0.25, -0.2) is 8.42 Å². The third-order valence-electron chi connectivity index (χ3n) is 9.34. The van der Waals surface area contributed by atoms with Crippen LogP contribution in [0.3, 0.4) is 0 Å². The lowest BCUT2D eigenvalue weighted by Gasteiger charge is -2.52. The molecule has 7 nitrogen and oxygen atoms in total. The predicted molar refractivity (Wildman–Crippen MR) is 200 cm³/mol. The zero-order chi connectivity index (χ0) is 35.8. The molecular formula is C42H55NO6S. The molecule has 1 aliphatic rings. The first kappa shape index (κ1) is 39.2. The van der Waals surface area contributed by atoms with E-state index in [1.807, 2.05) is 98.8 Å². The van der Waals surface area contributed by atoms with Gasteiger partial charge in [-0.2, -0.15) is 4.31 Å². The average Bonchev–Trinajstić information content (AvgIpc) is 3.11. The number of esters is 1. The van der Waals surface area contributed by atoms with E-state index >= 15 is 0 Å². The fourth-order valence-corrected chi connectivity index (χ4v) is 8.13. The predicted octanol–water partition coefficient (Wildman–Crippen LogP) is 8.97. The third kappa shape index (κ3) is 11.8. The number of hydrogen-bond acceptors (Lipinski definition) is 6. The lowest BCUT2D eigenvalue weighted by molar-refractivity contribution is -0.148. The van der Waals surface area contributed by atoms with Gasteiger partial charge in [-0.3, -0.25) is 4.79 Å². The minimum atomic E-state index is -3.82. The molecule has 8 heteroatoms. The van der Waals surface area contributed by atoms with Crippen LogP contribution in [0, 0.1) is 12.8 Å². The Labute approximate surface area is 300 Å². The van der Waals surface area contributed by atoms with Gasteiger partial charge in [0, 0.05) is 12.8 Å². The second kappa shape index (κ2) is 20.3. The van der Waals surface area contributed by atoms with Crippen LogP contribution in [-0.2, 0) is 42.2 Å². The van der Waals surface area contributed by atoms with Gasteiger partial charge in [0.25, 0.3) is 0 Å². The summed E-state index contributed by atoms with van der Waals surface area (Å²) in [4.78, 5) is 11.7. The van der Waals surface area contributed by atoms with Crippen molar-refractivity contribution >= 4 is 16.0 Å². The molecule has 0 radical (unpaired) electrons. The van der Waals surface area contributed by atoms with Crippen LogP contribution in [0.4, 0.5) is 0 Å². The number of rotatable bonds is 22. The molecule has 0 spiro atoms. The molecule has 0 N–H and O–H groups in total. The third-order valence-corrected chi connectivity index (χ3v) is 11.3. The summed E-state index contributed by atoms with van der Waals surface area (Å²) >= 11 is 0. The molecule has 5 atom stereocenters. The summed E-state index contributed by atoms with van der Waals surface area (Å²) < 4.78 is 48.0. The number of nitrogens with zero attached hydrogens (tertiary/aromatic N) is 1. The molecule has 0 unspecified atom stereocenters. The highest BCUT2D eigenvalue weighted by molar-refractivity contribution is 7.89. The number of carbonyl (C=O) groups excluding carboxylic acids is 1. The van der Waals surface area contributed by atoms with Gasteiger partial charge in [-0.15, -0.1) is 6.58 Å². The summed E-state index contributed by atoms with van der Waals surface area (Å²) in [6.07, 6.45) is 13.7. The highest BCUT2D eigenvalue weighted by Crippen LogP contribution is 2.37. The maximum atomic E-state index is 14.2. The molecule has 0 aliphatic carbocycles. The van der Waals surface area contributed by atoms with E-state index in [1.165, 1.54) is 6.92 Å². The number of unbranched alkanes of at least 4 members (excludes halogenated alkanes) is 6. The van der Waals surface area contributed by atoms with Gasteiger partial charge in [0.1, 0.15) is 6.10 Å². The smallest absolute Gasteiger partial charge is 0.302 e. The van der Waals surface area contributed by atoms with Crippen molar-refractivity contribution in [2.75, 3.05) is 6.61 Å². The summed E-state index contributed by atoms with van der Waals surface area (Å²) in [5.74, 6) is -0.0971. The molecule has 1 fully saturated rings. The van der Waals surface area contributed by atoms with Gasteiger partial charge in [0.2, 0.25) is 10.0 Å².